The largest absolute Gasteiger partial charge is 0.467 e. The van der Waals surface area contributed by atoms with Gasteiger partial charge >= 0.3 is 0 Å². The first-order valence-electron chi connectivity index (χ1n) is 10.7. The predicted molar refractivity (Wildman–Crippen MR) is 132 cm³/mol. The van der Waals surface area contributed by atoms with E-state index in [-0.39, 0.29) is 30.3 Å². The fourth-order valence-corrected chi connectivity index (χ4v) is 4.01. The zero-order valence-corrected chi connectivity index (χ0v) is 21.5. The summed E-state index contributed by atoms with van der Waals surface area (Å²) in [5.74, 6) is 1.75. The van der Waals surface area contributed by atoms with Gasteiger partial charge in [0.2, 0.25) is 0 Å². The SMILES string of the molecule is COCOc1ccc(C(C)(C)C)cc1C(CP)c1cc(C(C)(C)C)ccc1OCOC. The van der Waals surface area contributed by atoms with Crippen molar-refractivity contribution in [1.82, 2.24) is 0 Å². The van der Waals surface area contributed by atoms with Gasteiger partial charge in [-0.2, -0.15) is 0 Å². The molecule has 0 aliphatic rings. The van der Waals surface area contributed by atoms with Crippen LogP contribution in [0.25, 0.3) is 0 Å². The predicted octanol–water partition coefficient (Wildman–Crippen LogP) is 6.25. The highest BCUT2D eigenvalue weighted by Crippen LogP contribution is 2.41. The molecule has 172 valence electrons. The van der Waals surface area contributed by atoms with Crippen LogP contribution in [0, 0.1) is 0 Å². The van der Waals surface area contributed by atoms with Crippen molar-refractivity contribution in [3.8, 4) is 11.5 Å². The Morgan fingerprint density at radius 2 is 1.10 bits per heavy atom. The van der Waals surface area contributed by atoms with Gasteiger partial charge in [0.15, 0.2) is 13.6 Å². The minimum atomic E-state index is 0.0304. The number of ether oxygens (including phenoxy) is 4. The van der Waals surface area contributed by atoms with Crippen molar-refractivity contribution in [2.24, 2.45) is 0 Å². The first-order valence-corrected chi connectivity index (χ1v) is 11.6. The minimum Gasteiger partial charge on any atom is -0.467 e. The first-order chi connectivity index (χ1) is 14.5. The molecular formula is C26H39O4P. The minimum absolute atomic E-state index is 0.0304. The molecule has 0 heterocycles. The zero-order valence-electron chi connectivity index (χ0n) is 20.4. The Labute approximate surface area is 190 Å². The highest BCUT2D eigenvalue weighted by molar-refractivity contribution is 7.16. The van der Waals surface area contributed by atoms with Gasteiger partial charge in [0.05, 0.1) is 0 Å². The lowest BCUT2D eigenvalue weighted by Gasteiger charge is -2.28. The molecule has 2 aromatic carbocycles. The Morgan fingerprint density at radius 1 is 0.710 bits per heavy atom. The molecule has 0 amide bonds. The fourth-order valence-electron chi connectivity index (χ4n) is 3.50. The van der Waals surface area contributed by atoms with Gasteiger partial charge in [-0.3, -0.25) is 0 Å². The number of benzene rings is 2. The van der Waals surface area contributed by atoms with E-state index in [0.29, 0.717) is 0 Å². The van der Waals surface area contributed by atoms with Crippen LogP contribution >= 0.6 is 9.24 Å². The molecule has 2 rings (SSSR count). The maximum atomic E-state index is 5.98. The quantitative estimate of drug-likeness (QED) is 0.337. The van der Waals surface area contributed by atoms with Gasteiger partial charge in [0, 0.05) is 31.3 Å². The summed E-state index contributed by atoms with van der Waals surface area (Å²) in [4.78, 5) is 0. The molecule has 0 N–H and O–H groups in total. The summed E-state index contributed by atoms with van der Waals surface area (Å²) in [6.07, 6.45) is 0.827. The maximum absolute atomic E-state index is 5.98. The highest BCUT2D eigenvalue weighted by Gasteiger charge is 2.26. The second-order valence-corrected chi connectivity index (χ2v) is 10.4. The summed E-state index contributed by atoms with van der Waals surface area (Å²) in [6.45, 7) is 13.8. The Morgan fingerprint density at radius 3 is 1.39 bits per heavy atom. The van der Waals surface area contributed by atoms with Crippen molar-refractivity contribution in [3.05, 3.63) is 58.7 Å². The van der Waals surface area contributed by atoms with Crippen LogP contribution in [-0.4, -0.2) is 34.0 Å². The number of rotatable bonds is 9. The van der Waals surface area contributed by atoms with Gasteiger partial charge in [-0.1, -0.05) is 65.8 Å². The van der Waals surface area contributed by atoms with Crippen LogP contribution < -0.4 is 9.47 Å². The van der Waals surface area contributed by atoms with Crippen molar-refractivity contribution in [1.29, 1.82) is 0 Å². The number of methoxy groups -OCH3 is 2. The van der Waals surface area contributed by atoms with E-state index in [9.17, 15) is 0 Å². The van der Waals surface area contributed by atoms with Crippen molar-refractivity contribution in [3.63, 3.8) is 0 Å². The highest BCUT2D eigenvalue weighted by atomic mass is 31.0. The molecule has 0 saturated heterocycles. The van der Waals surface area contributed by atoms with Crippen molar-refractivity contribution in [2.45, 2.75) is 58.3 Å². The molecule has 0 aliphatic carbocycles. The summed E-state index contributed by atoms with van der Waals surface area (Å²) in [7, 11) is 6.18. The van der Waals surface area contributed by atoms with Gasteiger partial charge in [0.1, 0.15) is 11.5 Å². The summed E-state index contributed by atoms with van der Waals surface area (Å²) in [5.41, 5.74) is 4.86. The molecule has 1 atom stereocenters. The van der Waals surface area contributed by atoms with E-state index in [1.807, 2.05) is 0 Å². The van der Waals surface area contributed by atoms with Crippen LogP contribution in [0.5, 0.6) is 11.5 Å². The smallest absolute Gasteiger partial charge is 0.188 e. The summed E-state index contributed by atoms with van der Waals surface area (Å²) in [5, 5.41) is 0. The summed E-state index contributed by atoms with van der Waals surface area (Å²) >= 11 is 0. The van der Waals surface area contributed by atoms with Gasteiger partial charge in [-0.15, -0.1) is 9.24 Å². The lowest BCUT2D eigenvalue weighted by molar-refractivity contribution is 0.0494. The van der Waals surface area contributed by atoms with E-state index in [2.05, 4.69) is 87.2 Å². The second-order valence-electron chi connectivity index (χ2n) is 9.90. The van der Waals surface area contributed by atoms with Gasteiger partial charge in [-0.05, 0) is 40.3 Å². The van der Waals surface area contributed by atoms with Crippen LogP contribution in [0.3, 0.4) is 0 Å². The molecule has 1 unspecified atom stereocenters. The molecule has 31 heavy (non-hydrogen) atoms. The third-order valence-electron chi connectivity index (χ3n) is 5.40. The summed E-state index contributed by atoms with van der Waals surface area (Å²) in [6, 6.07) is 12.9. The average Bonchev–Trinajstić information content (AvgIpc) is 2.70. The van der Waals surface area contributed by atoms with Crippen LogP contribution in [0.4, 0.5) is 0 Å². The molecular weight excluding hydrogens is 407 g/mol. The lowest BCUT2D eigenvalue weighted by Crippen LogP contribution is -2.16. The number of hydrogen-bond donors (Lipinski definition) is 0. The Kier molecular flexibility index (Phi) is 8.94. The van der Waals surface area contributed by atoms with E-state index < -0.39 is 0 Å². The third kappa shape index (κ3) is 6.68. The molecule has 0 aromatic heterocycles. The fraction of sp³-hybridized carbons (Fsp3) is 0.538. The molecule has 0 fully saturated rings. The molecule has 0 radical (unpaired) electrons. The van der Waals surface area contributed by atoms with Crippen LogP contribution in [0.15, 0.2) is 36.4 Å². The van der Waals surface area contributed by atoms with Crippen molar-refractivity contribution in [2.75, 3.05) is 34.0 Å². The normalized spacial score (nSPS) is 12.3. The molecule has 0 spiro atoms. The van der Waals surface area contributed by atoms with Crippen molar-refractivity contribution >= 4 is 9.24 Å². The molecule has 2 aromatic rings. The van der Waals surface area contributed by atoms with Crippen LogP contribution in [0.1, 0.15) is 69.7 Å². The van der Waals surface area contributed by atoms with Gasteiger partial charge in [0.25, 0.3) is 0 Å². The molecule has 0 bridgehead atoms. The Balaban J connectivity index is 2.69. The summed E-state index contributed by atoms with van der Waals surface area (Å²) < 4.78 is 22.3. The van der Waals surface area contributed by atoms with E-state index in [0.717, 1.165) is 28.8 Å². The average molecular weight is 447 g/mol. The van der Waals surface area contributed by atoms with Gasteiger partial charge < -0.3 is 18.9 Å². The molecule has 0 saturated carbocycles. The Bertz CT molecular complexity index is 780. The topological polar surface area (TPSA) is 36.9 Å². The molecule has 0 aliphatic heterocycles. The zero-order chi connectivity index (χ0) is 23.2. The lowest BCUT2D eigenvalue weighted by atomic mass is 9.81. The van der Waals surface area contributed by atoms with E-state index in [4.69, 9.17) is 18.9 Å². The third-order valence-corrected chi connectivity index (χ3v) is 5.87. The van der Waals surface area contributed by atoms with Crippen LogP contribution in [-0.2, 0) is 20.3 Å². The monoisotopic (exact) mass is 446 g/mol. The van der Waals surface area contributed by atoms with Crippen molar-refractivity contribution < 1.29 is 18.9 Å². The van der Waals surface area contributed by atoms with Crippen LogP contribution in [0.2, 0.25) is 0 Å². The second kappa shape index (κ2) is 10.8. The number of hydrogen-bond acceptors (Lipinski definition) is 4. The van der Waals surface area contributed by atoms with E-state index in [1.165, 1.54) is 11.1 Å². The van der Waals surface area contributed by atoms with E-state index in [1.54, 1.807) is 14.2 Å². The first kappa shape index (κ1) is 25.6. The van der Waals surface area contributed by atoms with Gasteiger partial charge in [-0.25, -0.2) is 0 Å². The maximum Gasteiger partial charge on any atom is 0.188 e. The van der Waals surface area contributed by atoms with E-state index >= 15 is 0 Å². The molecule has 4 nitrogen and oxygen atoms in total. The standard InChI is InChI=1S/C26H39O4P/c1-25(2,3)18-9-11-23(29-16-27-7)20(13-18)22(15-31)21-14-19(26(4,5)6)10-12-24(21)30-17-28-8/h9-14,22H,15-17,31H2,1-8H3. The Hall–Kier alpha value is -1.61. The molecule has 5 heteroatoms.